The lowest BCUT2D eigenvalue weighted by Gasteiger charge is -2.20. The van der Waals surface area contributed by atoms with E-state index < -0.39 is 0 Å². The minimum atomic E-state index is -0.383. The van der Waals surface area contributed by atoms with Crippen molar-refractivity contribution in [1.82, 2.24) is 0 Å². The van der Waals surface area contributed by atoms with Crippen LogP contribution in [0.3, 0.4) is 0 Å². The van der Waals surface area contributed by atoms with Gasteiger partial charge in [-0.05, 0) is 46.1 Å². The highest BCUT2D eigenvalue weighted by Gasteiger charge is 2.14. The Morgan fingerprint density at radius 2 is 2.10 bits per heavy atom. The van der Waals surface area contributed by atoms with Crippen molar-refractivity contribution in [3.63, 3.8) is 0 Å². The first-order chi connectivity index (χ1) is 10.0. The first-order valence-electron chi connectivity index (χ1n) is 6.47. The van der Waals surface area contributed by atoms with Crippen molar-refractivity contribution in [3.05, 3.63) is 67.6 Å². The molecule has 110 valence electrons. The van der Waals surface area contributed by atoms with Crippen LogP contribution in [0.2, 0.25) is 5.02 Å². The van der Waals surface area contributed by atoms with Gasteiger partial charge in [-0.3, -0.25) is 10.1 Å². The average Bonchev–Trinajstić information content (AvgIpc) is 2.48. The van der Waals surface area contributed by atoms with Gasteiger partial charge in [0.05, 0.1) is 16.7 Å². The summed E-state index contributed by atoms with van der Waals surface area (Å²) in [5.74, 6) is 0. The van der Waals surface area contributed by atoms with Crippen LogP contribution in [0, 0.1) is 10.1 Å². The summed E-state index contributed by atoms with van der Waals surface area (Å²) >= 11 is 9.48. The van der Waals surface area contributed by atoms with Gasteiger partial charge in [-0.15, -0.1) is 0 Å². The van der Waals surface area contributed by atoms with E-state index >= 15 is 0 Å². The molecular weight excluding hydrogens is 356 g/mol. The molecule has 1 unspecified atom stereocenters. The summed E-state index contributed by atoms with van der Waals surface area (Å²) in [5.41, 5.74) is 1.83. The Morgan fingerprint density at radius 1 is 1.33 bits per heavy atom. The van der Waals surface area contributed by atoms with Gasteiger partial charge in [0, 0.05) is 21.6 Å². The van der Waals surface area contributed by atoms with Gasteiger partial charge in [-0.25, -0.2) is 0 Å². The number of non-ortho nitro benzene ring substituents is 1. The maximum Gasteiger partial charge on any atom is 0.269 e. The van der Waals surface area contributed by atoms with Crippen LogP contribution in [0.15, 0.2) is 46.9 Å². The molecular formula is C15H14BrClN2O2. The lowest BCUT2D eigenvalue weighted by molar-refractivity contribution is -0.384. The quantitative estimate of drug-likeness (QED) is 0.553. The second kappa shape index (κ2) is 6.91. The van der Waals surface area contributed by atoms with Gasteiger partial charge < -0.3 is 5.32 Å². The van der Waals surface area contributed by atoms with Gasteiger partial charge >= 0.3 is 0 Å². The molecule has 0 saturated carbocycles. The Morgan fingerprint density at radius 3 is 2.76 bits per heavy atom. The van der Waals surface area contributed by atoms with Crippen LogP contribution in [0.4, 0.5) is 11.4 Å². The van der Waals surface area contributed by atoms with E-state index in [1.807, 2.05) is 25.1 Å². The lowest BCUT2D eigenvalue weighted by Crippen LogP contribution is -2.10. The van der Waals surface area contributed by atoms with E-state index in [1.54, 1.807) is 18.2 Å². The van der Waals surface area contributed by atoms with Crippen LogP contribution < -0.4 is 5.32 Å². The largest absolute Gasteiger partial charge is 0.377 e. The fraction of sp³-hybridized carbons (Fsp3) is 0.200. The molecule has 1 N–H and O–H groups in total. The summed E-state index contributed by atoms with van der Waals surface area (Å²) in [5, 5.41) is 14.9. The number of nitrogens with zero attached hydrogens (tertiary/aromatic N) is 1. The van der Waals surface area contributed by atoms with Crippen molar-refractivity contribution in [1.29, 1.82) is 0 Å². The Kier molecular flexibility index (Phi) is 5.20. The van der Waals surface area contributed by atoms with Crippen molar-refractivity contribution in [3.8, 4) is 0 Å². The van der Waals surface area contributed by atoms with E-state index in [4.69, 9.17) is 11.6 Å². The molecule has 0 spiro atoms. The maximum absolute atomic E-state index is 10.9. The number of nitro benzene ring substituents is 1. The molecule has 2 aromatic carbocycles. The van der Waals surface area contributed by atoms with Crippen LogP contribution in [-0.4, -0.2) is 4.92 Å². The molecule has 0 aliphatic carbocycles. The summed E-state index contributed by atoms with van der Waals surface area (Å²) < 4.78 is 0.899. The molecule has 0 bridgehead atoms. The number of hydrogen-bond donors (Lipinski definition) is 1. The number of nitro groups is 1. The van der Waals surface area contributed by atoms with E-state index in [2.05, 4.69) is 21.2 Å². The zero-order chi connectivity index (χ0) is 15.4. The van der Waals surface area contributed by atoms with Gasteiger partial charge in [0.15, 0.2) is 0 Å². The summed E-state index contributed by atoms with van der Waals surface area (Å²) in [4.78, 5) is 10.5. The van der Waals surface area contributed by atoms with Crippen molar-refractivity contribution in [2.24, 2.45) is 0 Å². The summed E-state index contributed by atoms with van der Waals surface area (Å²) in [6, 6.07) is 12.1. The Hall–Kier alpha value is -1.59. The SMILES string of the molecule is CCC(Nc1cc(Cl)ccc1Br)c1cccc([N+](=O)[O-])c1. The van der Waals surface area contributed by atoms with Gasteiger partial charge in [-0.2, -0.15) is 0 Å². The molecule has 2 rings (SSSR count). The molecule has 4 nitrogen and oxygen atoms in total. The minimum Gasteiger partial charge on any atom is -0.377 e. The number of halogens is 2. The highest BCUT2D eigenvalue weighted by molar-refractivity contribution is 9.10. The normalized spacial score (nSPS) is 12.0. The van der Waals surface area contributed by atoms with E-state index in [1.165, 1.54) is 6.07 Å². The van der Waals surface area contributed by atoms with Gasteiger partial charge in [0.1, 0.15) is 0 Å². The smallest absolute Gasteiger partial charge is 0.269 e. The molecule has 0 heterocycles. The predicted molar refractivity (Wildman–Crippen MR) is 88.9 cm³/mol. The molecule has 2 aromatic rings. The molecule has 1 atom stereocenters. The van der Waals surface area contributed by atoms with Crippen molar-refractivity contribution < 1.29 is 4.92 Å². The van der Waals surface area contributed by atoms with Crippen molar-refractivity contribution >= 4 is 38.9 Å². The number of benzene rings is 2. The van der Waals surface area contributed by atoms with Crippen LogP contribution in [0.1, 0.15) is 24.9 Å². The monoisotopic (exact) mass is 368 g/mol. The van der Waals surface area contributed by atoms with Crippen molar-refractivity contribution in [2.75, 3.05) is 5.32 Å². The number of nitrogens with one attached hydrogen (secondary N) is 1. The third kappa shape index (κ3) is 3.95. The van der Waals surface area contributed by atoms with Gasteiger partial charge in [0.25, 0.3) is 5.69 Å². The van der Waals surface area contributed by atoms with Crippen LogP contribution in [-0.2, 0) is 0 Å². The highest BCUT2D eigenvalue weighted by Crippen LogP contribution is 2.31. The zero-order valence-corrected chi connectivity index (χ0v) is 13.7. The lowest BCUT2D eigenvalue weighted by atomic mass is 10.0. The van der Waals surface area contributed by atoms with Gasteiger partial charge in [0.2, 0.25) is 0 Å². The summed E-state index contributed by atoms with van der Waals surface area (Å²) in [6.45, 7) is 2.02. The molecule has 0 amide bonds. The molecule has 0 aromatic heterocycles. The molecule has 0 aliphatic heterocycles. The van der Waals surface area contributed by atoms with Crippen LogP contribution in [0.5, 0.6) is 0 Å². The van der Waals surface area contributed by atoms with Crippen LogP contribution in [0.25, 0.3) is 0 Å². The summed E-state index contributed by atoms with van der Waals surface area (Å²) in [6.07, 6.45) is 0.792. The summed E-state index contributed by atoms with van der Waals surface area (Å²) in [7, 11) is 0. The maximum atomic E-state index is 10.9. The molecule has 0 aliphatic rings. The highest BCUT2D eigenvalue weighted by atomic mass is 79.9. The molecule has 0 radical (unpaired) electrons. The first-order valence-corrected chi connectivity index (χ1v) is 7.64. The van der Waals surface area contributed by atoms with E-state index in [0.29, 0.717) is 5.02 Å². The Bertz CT molecular complexity index is 664. The first kappa shape index (κ1) is 15.8. The molecule has 6 heteroatoms. The van der Waals surface area contributed by atoms with Crippen molar-refractivity contribution in [2.45, 2.75) is 19.4 Å². The third-order valence-corrected chi connectivity index (χ3v) is 4.08. The molecule has 21 heavy (non-hydrogen) atoms. The second-order valence-corrected chi connectivity index (χ2v) is 5.87. The standard InChI is InChI=1S/C15H14BrClN2O2/c1-2-14(10-4-3-5-12(8-10)19(20)21)18-15-9-11(17)6-7-13(15)16/h3-9,14,18H,2H2,1H3. The van der Waals surface area contributed by atoms with Crippen LogP contribution >= 0.6 is 27.5 Å². The van der Waals surface area contributed by atoms with Gasteiger partial charge in [-0.1, -0.05) is 30.7 Å². The fourth-order valence-corrected chi connectivity index (χ4v) is 2.61. The van der Waals surface area contributed by atoms with E-state index in [0.717, 1.165) is 22.1 Å². The Balaban J connectivity index is 2.29. The van der Waals surface area contributed by atoms with E-state index in [-0.39, 0.29) is 16.7 Å². The topological polar surface area (TPSA) is 55.2 Å². The fourth-order valence-electron chi connectivity index (χ4n) is 2.07. The number of rotatable bonds is 5. The average molecular weight is 370 g/mol. The molecule has 0 fully saturated rings. The molecule has 0 saturated heterocycles. The second-order valence-electron chi connectivity index (χ2n) is 4.58. The number of anilines is 1. The Labute approximate surface area is 136 Å². The predicted octanol–water partition coefficient (Wildman–Crippen LogP) is 5.57. The third-order valence-electron chi connectivity index (χ3n) is 3.15. The van der Waals surface area contributed by atoms with E-state index in [9.17, 15) is 10.1 Å². The number of hydrogen-bond acceptors (Lipinski definition) is 3. The minimum absolute atomic E-state index is 0.0281. The zero-order valence-electron chi connectivity index (χ0n) is 11.3.